The predicted molar refractivity (Wildman–Crippen MR) is 99.0 cm³/mol. The van der Waals surface area contributed by atoms with Crippen molar-refractivity contribution in [1.82, 2.24) is 15.6 Å². The summed E-state index contributed by atoms with van der Waals surface area (Å²) < 4.78 is 0. The van der Waals surface area contributed by atoms with Gasteiger partial charge in [0, 0.05) is 29.9 Å². The molecule has 0 radical (unpaired) electrons. The van der Waals surface area contributed by atoms with E-state index in [-0.39, 0.29) is 17.5 Å². The molecule has 2 rings (SSSR count). The Bertz CT molecular complexity index is 717. The van der Waals surface area contributed by atoms with Gasteiger partial charge in [-0.3, -0.25) is 14.6 Å². The maximum Gasteiger partial charge on any atom is 0.269 e. The van der Waals surface area contributed by atoms with Crippen molar-refractivity contribution in [3.63, 3.8) is 0 Å². The smallest absolute Gasteiger partial charge is 0.269 e. The normalized spacial score (nSPS) is 10.3. The van der Waals surface area contributed by atoms with Crippen molar-refractivity contribution in [2.24, 2.45) is 0 Å². The van der Waals surface area contributed by atoms with Crippen LogP contribution in [0.15, 0.2) is 42.6 Å². The minimum absolute atomic E-state index is 0.189. The van der Waals surface area contributed by atoms with Gasteiger partial charge in [-0.05, 0) is 42.7 Å². The van der Waals surface area contributed by atoms with Crippen LogP contribution in [0.1, 0.15) is 46.2 Å². The number of hydrogen-bond donors (Lipinski definition) is 2. The van der Waals surface area contributed by atoms with Crippen LogP contribution in [0.4, 0.5) is 0 Å². The number of amides is 2. The Morgan fingerprint density at radius 1 is 1.04 bits per heavy atom. The second-order valence-corrected chi connectivity index (χ2v) is 6.11. The molecule has 0 bridgehead atoms. The first kappa shape index (κ1) is 18.9. The van der Waals surface area contributed by atoms with Gasteiger partial charge in [0.2, 0.25) is 0 Å². The molecule has 25 heavy (non-hydrogen) atoms. The maximum absolute atomic E-state index is 12.2. The summed E-state index contributed by atoms with van der Waals surface area (Å²) in [7, 11) is 0. The van der Waals surface area contributed by atoms with Gasteiger partial charge in [-0.15, -0.1) is 0 Å². The topological polar surface area (TPSA) is 71.1 Å². The van der Waals surface area contributed by atoms with E-state index in [1.807, 2.05) is 24.3 Å². The summed E-state index contributed by atoms with van der Waals surface area (Å²) in [6, 6.07) is 10.6. The molecule has 0 unspecified atom stereocenters. The first-order valence-corrected chi connectivity index (χ1v) is 8.75. The van der Waals surface area contributed by atoms with Crippen LogP contribution in [0.3, 0.4) is 0 Å². The van der Waals surface area contributed by atoms with E-state index in [2.05, 4.69) is 22.5 Å². The average Bonchev–Trinajstić information content (AvgIpc) is 2.63. The zero-order chi connectivity index (χ0) is 18.1. The van der Waals surface area contributed by atoms with E-state index >= 15 is 0 Å². The minimum atomic E-state index is -0.294. The highest BCUT2D eigenvalue weighted by molar-refractivity contribution is 6.30. The molecule has 1 aromatic carbocycles. The van der Waals surface area contributed by atoms with Crippen LogP contribution < -0.4 is 10.6 Å². The summed E-state index contributed by atoms with van der Waals surface area (Å²) in [5.74, 6) is -0.483. The van der Waals surface area contributed by atoms with Gasteiger partial charge in [0.1, 0.15) is 5.69 Å². The van der Waals surface area contributed by atoms with Crippen molar-refractivity contribution in [3.05, 3.63) is 64.4 Å². The number of rotatable bonds is 8. The minimum Gasteiger partial charge on any atom is -0.352 e. The van der Waals surface area contributed by atoms with Crippen LogP contribution >= 0.6 is 11.6 Å². The van der Waals surface area contributed by atoms with Crippen molar-refractivity contribution in [3.8, 4) is 0 Å². The van der Waals surface area contributed by atoms with Crippen LogP contribution in [0.25, 0.3) is 0 Å². The SMILES string of the molecule is CCCCNC(=O)c1ccnc(C(=O)NCCc2ccc(Cl)cc2)c1. The molecule has 5 nitrogen and oxygen atoms in total. The van der Waals surface area contributed by atoms with E-state index in [0.717, 1.165) is 18.4 Å². The summed E-state index contributed by atoms with van der Waals surface area (Å²) in [6.07, 6.45) is 4.11. The molecular formula is C19H22ClN3O2. The van der Waals surface area contributed by atoms with E-state index < -0.39 is 0 Å². The van der Waals surface area contributed by atoms with Gasteiger partial charge >= 0.3 is 0 Å². The molecule has 1 heterocycles. The van der Waals surface area contributed by atoms with E-state index in [1.54, 1.807) is 6.07 Å². The molecule has 1 aromatic heterocycles. The van der Waals surface area contributed by atoms with Gasteiger partial charge in [0.15, 0.2) is 0 Å². The van der Waals surface area contributed by atoms with E-state index in [0.29, 0.717) is 30.1 Å². The number of nitrogens with zero attached hydrogens (tertiary/aromatic N) is 1. The van der Waals surface area contributed by atoms with Gasteiger partial charge in [-0.1, -0.05) is 37.1 Å². The molecule has 2 N–H and O–H groups in total. The highest BCUT2D eigenvalue weighted by atomic mass is 35.5. The number of carbonyl (C=O) groups is 2. The number of unbranched alkanes of at least 4 members (excludes halogenated alkanes) is 1. The van der Waals surface area contributed by atoms with E-state index in [4.69, 9.17) is 11.6 Å². The largest absolute Gasteiger partial charge is 0.352 e. The Balaban J connectivity index is 1.87. The third-order valence-electron chi connectivity index (χ3n) is 3.68. The first-order chi connectivity index (χ1) is 12.1. The number of nitrogens with one attached hydrogen (secondary N) is 2. The Kier molecular flexibility index (Phi) is 7.41. The Hall–Kier alpha value is -2.40. The monoisotopic (exact) mass is 359 g/mol. The van der Waals surface area contributed by atoms with Crippen molar-refractivity contribution < 1.29 is 9.59 Å². The Morgan fingerprint density at radius 3 is 2.48 bits per heavy atom. The highest BCUT2D eigenvalue weighted by Crippen LogP contribution is 2.09. The fourth-order valence-electron chi connectivity index (χ4n) is 2.24. The first-order valence-electron chi connectivity index (χ1n) is 8.37. The zero-order valence-electron chi connectivity index (χ0n) is 14.2. The van der Waals surface area contributed by atoms with Gasteiger partial charge < -0.3 is 10.6 Å². The van der Waals surface area contributed by atoms with Crippen molar-refractivity contribution in [2.75, 3.05) is 13.1 Å². The zero-order valence-corrected chi connectivity index (χ0v) is 15.0. The number of halogens is 1. The van der Waals surface area contributed by atoms with Crippen LogP contribution in [0.2, 0.25) is 5.02 Å². The number of hydrogen-bond acceptors (Lipinski definition) is 3. The van der Waals surface area contributed by atoms with Gasteiger partial charge in [0.05, 0.1) is 0 Å². The quantitative estimate of drug-likeness (QED) is 0.711. The second-order valence-electron chi connectivity index (χ2n) is 5.67. The molecule has 132 valence electrons. The molecule has 0 atom stereocenters. The Labute approximate surface area is 152 Å². The second kappa shape index (κ2) is 9.79. The molecule has 6 heteroatoms. The summed E-state index contributed by atoms with van der Waals surface area (Å²) in [6.45, 7) is 3.17. The number of pyridine rings is 1. The fourth-order valence-corrected chi connectivity index (χ4v) is 2.36. The summed E-state index contributed by atoms with van der Waals surface area (Å²) >= 11 is 5.85. The van der Waals surface area contributed by atoms with Crippen LogP contribution in [-0.4, -0.2) is 29.9 Å². The lowest BCUT2D eigenvalue weighted by atomic mass is 10.1. The van der Waals surface area contributed by atoms with Crippen molar-refractivity contribution in [2.45, 2.75) is 26.2 Å². The average molecular weight is 360 g/mol. The van der Waals surface area contributed by atoms with Crippen LogP contribution in [0.5, 0.6) is 0 Å². The fraction of sp³-hybridized carbons (Fsp3) is 0.316. The molecule has 2 amide bonds. The lowest BCUT2D eigenvalue weighted by molar-refractivity contribution is 0.0949. The maximum atomic E-state index is 12.2. The number of carbonyl (C=O) groups excluding carboxylic acids is 2. The molecule has 0 fully saturated rings. The van der Waals surface area contributed by atoms with E-state index in [9.17, 15) is 9.59 Å². The number of aromatic nitrogens is 1. The Morgan fingerprint density at radius 2 is 1.76 bits per heavy atom. The molecule has 0 aliphatic rings. The van der Waals surface area contributed by atoms with Crippen LogP contribution in [0, 0.1) is 0 Å². The van der Waals surface area contributed by atoms with Crippen LogP contribution in [-0.2, 0) is 6.42 Å². The van der Waals surface area contributed by atoms with Gasteiger partial charge in [-0.25, -0.2) is 0 Å². The third-order valence-corrected chi connectivity index (χ3v) is 3.94. The van der Waals surface area contributed by atoms with Gasteiger partial charge in [0.25, 0.3) is 11.8 Å². The lowest BCUT2D eigenvalue weighted by Crippen LogP contribution is -2.28. The molecule has 0 spiro atoms. The summed E-state index contributed by atoms with van der Waals surface area (Å²) in [5.41, 5.74) is 1.76. The molecule has 0 saturated carbocycles. The summed E-state index contributed by atoms with van der Waals surface area (Å²) in [5, 5.41) is 6.33. The summed E-state index contributed by atoms with van der Waals surface area (Å²) in [4.78, 5) is 28.3. The molecular weight excluding hydrogens is 338 g/mol. The standard InChI is InChI=1S/C19H22ClN3O2/c1-2-3-10-22-18(24)15-9-12-21-17(13-15)19(25)23-11-8-14-4-6-16(20)7-5-14/h4-7,9,12-13H,2-3,8,10-11H2,1H3,(H,22,24)(H,23,25). The predicted octanol–water partition coefficient (Wildman–Crippen LogP) is 3.24. The molecule has 2 aromatic rings. The van der Waals surface area contributed by atoms with E-state index in [1.165, 1.54) is 12.3 Å². The lowest BCUT2D eigenvalue weighted by Gasteiger charge is -2.07. The molecule has 0 aliphatic carbocycles. The highest BCUT2D eigenvalue weighted by Gasteiger charge is 2.11. The molecule has 0 saturated heterocycles. The molecule has 0 aliphatic heterocycles. The van der Waals surface area contributed by atoms with Crippen molar-refractivity contribution >= 4 is 23.4 Å². The van der Waals surface area contributed by atoms with Crippen molar-refractivity contribution in [1.29, 1.82) is 0 Å². The van der Waals surface area contributed by atoms with Gasteiger partial charge in [-0.2, -0.15) is 0 Å². The third kappa shape index (κ3) is 6.19. The number of benzene rings is 1.